The van der Waals surface area contributed by atoms with Gasteiger partial charge in [-0.05, 0) is 61.8 Å². The van der Waals surface area contributed by atoms with Crippen LogP contribution >= 0.6 is 0 Å². The fraction of sp³-hybridized carbons (Fsp3) is 0.438. The van der Waals surface area contributed by atoms with Crippen LogP contribution in [0.15, 0.2) is 24.3 Å². The van der Waals surface area contributed by atoms with Crippen LogP contribution in [0.1, 0.15) is 43.4 Å². The first kappa shape index (κ1) is 12.9. The number of hydrogen-bond donors (Lipinski definition) is 0. The van der Waals surface area contributed by atoms with Crippen LogP contribution in [0.2, 0.25) is 0 Å². The summed E-state index contributed by atoms with van der Waals surface area (Å²) in [5.41, 5.74) is 5.01. The summed E-state index contributed by atoms with van der Waals surface area (Å²) in [4.78, 5) is 11.4. The van der Waals surface area contributed by atoms with Crippen molar-refractivity contribution in [3.63, 3.8) is 0 Å². The van der Waals surface area contributed by atoms with Crippen LogP contribution in [0, 0.1) is 0 Å². The molecular weight excluding hydrogens is 224 g/mol. The first-order valence-corrected chi connectivity index (χ1v) is 6.68. The van der Waals surface area contributed by atoms with E-state index in [2.05, 4.69) is 18.2 Å². The van der Waals surface area contributed by atoms with Crippen molar-refractivity contribution in [3.05, 3.63) is 41.0 Å². The van der Waals surface area contributed by atoms with Gasteiger partial charge < -0.3 is 4.74 Å². The van der Waals surface area contributed by atoms with Crippen LogP contribution in [0.4, 0.5) is 0 Å². The van der Waals surface area contributed by atoms with E-state index in [9.17, 15) is 4.79 Å². The van der Waals surface area contributed by atoms with E-state index < -0.39 is 0 Å². The Kier molecular flexibility index (Phi) is 4.19. The number of carbonyl (C=O) groups is 1. The van der Waals surface area contributed by atoms with Gasteiger partial charge in [-0.25, -0.2) is 4.79 Å². The lowest BCUT2D eigenvalue weighted by Crippen LogP contribution is -2.03. The summed E-state index contributed by atoms with van der Waals surface area (Å²) >= 11 is 0. The topological polar surface area (TPSA) is 26.3 Å². The Labute approximate surface area is 109 Å². The second-order valence-corrected chi connectivity index (χ2v) is 4.77. The highest BCUT2D eigenvalue weighted by Gasteiger charge is 2.10. The fourth-order valence-corrected chi connectivity index (χ4v) is 2.42. The van der Waals surface area contributed by atoms with Crippen molar-refractivity contribution in [2.75, 3.05) is 6.61 Å². The number of fused-ring (bicyclic) bond motifs is 1. The first-order chi connectivity index (χ1) is 8.70. The van der Waals surface area contributed by atoms with Gasteiger partial charge in [0, 0.05) is 6.08 Å². The van der Waals surface area contributed by atoms with Crippen LogP contribution in [0.5, 0.6) is 0 Å². The number of carbonyl (C=O) groups excluding carboxylic acids is 1. The fourth-order valence-electron chi connectivity index (χ4n) is 2.42. The van der Waals surface area contributed by atoms with Gasteiger partial charge in [0.2, 0.25) is 0 Å². The maximum Gasteiger partial charge on any atom is 0.331 e. The van der Waals surface area contributed by atoms with Crippen molar-refractivity contribution in [2.45, 2.75) is 39.5 Å². The predicted octanol–water partition coefficient (Wildman–Crippen LogP) is 3.53. The number of esters is 1. The van der Waals surface area contributed by atoms with Crippen molar-refractivity contribution < 1.29 is 9.53 Å². The monoisotopic (exact) mass is 244 g/mol. The molecule has 0 aliphatic heterocycles. The van der Waals surface area contributed by atoms with Crippen LogP contribution in [0.3, 0.4) is 0 Å². The highest BCUT2D eigenvalue weighted by atomic mass is 16.5. The minimum atomic E-state index is -0.257. The van der Waals surface area contributed by atoms with Crippen LogP contribution in [-0.4, -0.2) is 12.6 Å². The maximum absolute atomic E-state index is 11.4. The molecule has 18 heavy (non-hydrogen) atoms. The van der Waals surface area contributed by atoms with Gasteiger partial charge in [0.15, 0.2) is 0 Å². The summed E-state index contributed by atoms with van der Waals surface area (Å²) in [7, 11) is 0. The minimum Gasteiger partial charge on any atom is -0.463 e. The zero-order valence-corrected chi connectivity index (χ0v) is 11.2. The van der Waals surface area contributed by atoms with Crippen LogP contribution < -0.4 is 0 Å². The maximum atomic E-state index is 11.4. The van der Waals surface area contributed by atoms with Gasteiger partial charge in [-0.3, -0.25) is 0 Å². The Morgan fingerprint density at radius 3 is 2.72 bits per heavy atom. The molecule has 96 valence electrons. The highest BCUT2D eigenvalue weighted by Crippen LogP contribution is 2.25. The van der Waals surface area contributed by atoms with Crippen molar-refractivity contribution in [3.8, 4) is 0 Å². The number of ether oxygens (including phenoxy) is 1. The Balaban J connectivity index is 2.20. The molecule has 0 heterocycles. The molecule has 0 saturated heterocycles. The molecule has 0 amide bonds. The lowest BCUT2D eigenvalue weighted by Gasteiger charge is -2.16. The Morgan fingerprint density at radius 2 is 2.00 bits per heavy atom. The molecule has 0 bridgehead atoms. The van der Waals surface area contributed by atoms with Gasteiger partial charge in [0.1, 0.15) is 0 Å². The van der Waals surface area contributed by atoms with E-state index in [4.69, 9.17) is 4.74 Å². The van der Waals surface area contributed by atoms with E-state index in [0.717, 1.165) is 17.6 Å². The standard InChI is InChI=1S/C16H20O2/c1-3-18-16(17)10-12(2)14-9-8-13-6-4-5-7-15(13)11-14/h8-11H,3-7H2,1-2H3/b12-10+. The molecule has 0 atom stereocenters. The molecule has 1 aromatic rings. The predicted molar refractivity (Wildman–Crippen MR) is 73.4 cm³/mol. The van der Waals surface area contributed by atoms with Crippen LogP contribution in [-0.2, 0) is 22.4 Å². The van der Waals surface area contributed by atoms with Gasteiger partial charge in [-0.2, -0.15) is 0 Å². The van der Waals surface area contributed by atoms with E-state index in [1.54, 1.807) is 6.08 Å². The summed E-state index contributed by atoms with van der Waals surface area (Å²) in [6.45, 7) is 4.20. The lowest BCUT2D eigenvalue weighted by atomic mass is 9.89. The molecule has 0 aromatic heterocycles. The molecule has 1 aliphatic carbocycles. The summed E-state index contributed by atoms with van der Waals surface area (Å²) in [6, 6.07) is 6.53. The molecule has 2 nitrogen and oxygen atoms in total. The van der Waals surface area contributed by atoms with E-state index in [1.807, 2.05) is 13.8 Å². The van der Waals surface area contributed by atoms with Gasteiger partial charge >= 0.3 is 5.97 Å². The van der Waals surface area contributed by atoms with Crippen molar-refractivity contribution in [1.82, 2.24) is 0 Å². The SMILES string of the molecule is CCOC(=O)/C=C(\C)c1ccc2c(c1)CCCC2. The highest BCUT2D eigenvalue weighted by molar-refractivity contribution is 5.90. The van der Waals surface area contributed by atoms with Gasteiger partial charge in [0.25, 0.3) is 0 Å². The van der Waals surface area contributed by atoms with Crippen LogP contribution in [0.25, 0.3) is 5.57 Å². The number of hydrogen-bond acceptors (Lipinski definition) is 2. The summed E-state index contributed by atoms with van der Waals surface area (Å²) in [5.74, 6) is -0.257. The number of benzene rings is 1. The summed E-state index contributed by atoms with van der Waals surface area (Å²) in [5, 5.41) is 0. The van der Waals surface area contributed by atoms with Crippen molar-refractivity contribution in [1.29, 1.82) is 0 Å². The first-order valence-electron chi connectivity index (χ1n) is 6.68. The third-order valence-electron chi connectivity index (χ3n) is 3.42. The molecule has 1 aliphatic rings. The molecule has 0 fully saturated rings. The smallest absolute Gasteiger partial charge is 0.331 e. The average Bonchev–Trinajstić information content (AvgIpc) is 2.38. The third kappa shape index (κ3) is 3.00. The third-order valence-corrected chi connectivity index (χ3v) is 3.42. The molecule has 0 saturated carbocycles. The van der Waals surface area contributed by atoms with E-state index in [1.165, 1.54) is 30.4 Å². The molecule has 0 radical (unpaired) electrons. The minimum absolute atomic E-state index is 0.257. The van der Waals surface area contributed by atoms with Gasteiger partial charge in [0.05, 0.1) is 6.61 Å². The normalized spacial score (nSPS) is 15.1. The zero-order chi connectivity index (χ0) is 13.0. The molecule has 2 rings (SSSR count). The second kappa shape index (κ2) is 5.85. The number of allylic oxidation sites excluding steroid dienone is 1. The Bertz CT molecular complexity index is 472. The largest absolute Gasteiger partial charge is 0.463 e. The molecular formula is C16H20O2. The van der Waals surface area contributed by atoms with Gasteiger partial charge in [-0.15, -0.1) is 0 Å². The second-order valence-electron chi connectivity index (χ2n) is 4.77. The molecule has 0 unspecified atom stereocenters. The van der Waals surface area contributed by atoms with Crippen molar-refractivity contribution in [2.24, 2.45) is 0 Å². The molecule has 2 heteroatoms. The summed E-state index contributed by atoms with van der Waals surface area (Å²) < 4.78 is 4.93. The zero-order valence-electron chi connectivity index (χ0n) is 11.2. The quantitative estimate of drug-likeness (QED) is 0.600. The van der Waals surface area contributed by atoms with Crippen molar-refractivity contribution >= 4 is 11.5 Å². The van der Waals surface area contributed by atoms with E-state index >= 15 is 0 Å². The molecule has 0 N–H and O–H groups in total. The average molecular weight is 244 g/mol. The molecule has 0 spiro atoms. The Morgan fingerprint density at radius 1 is 1.28 bits per heavy atom. The lowest BCUT2D eigenvalue weighted by molar-refractivity contribution is -0.137. The number of aryl methyl sites for hydroxylation is 2. The summed E-state index contributed by atoms with van der Waals surface area (Å²) in [6.07, 6.45) is 6.50. The van der Waals surface area contributed by atoms with Gasteiger partial charge in [-0.1, -0.05) is 18.2 Å². The van der Waals surface area contributed by atoms with E-state index in [-0.39, 0.29) is 5.97 Å². The molecule has 1 aromatic carbocycles. The number of rotatable bonds is 3. The van der Waals surface area contributed by atoms with E-state index in [0.29, 0.717) is 6.61 Å². The Hall–Kier alpha value is -1.57.